The van der Waals surface area contributed by atoms with Crippen LogP contribution < -0.4 is 5.43 Å². The molecule has 2 aromatic rings. The van der Waals surface area contributed by atoms with E-state index in [4.69, 9.17) is 0 Å². The largest absolute Gasteiger partial charge is 0.507 e. The van der Waals surface area contributed by atoms with Crippen LogP contribution in [-0.4, -0.2) is 27.9 Å². The van der Waals surface area contributed by atoms with Gasteiger partial charge in [-0.3, -0.25) is 14.9 Å². The zero-order valence-electron chi connectivity index (χ0n) is 12.2. The van der Waals surface area contributed by atoms with Gasteiger partial charge in [-0.25, -0.2) is 9.82 Å². The molecule has 0 radical (unpaired) electrons. The van der Waals surface area contributed by atoms with Crippen molar-refractivity contribution in [3.8, 4) is 5.75 Å². The summed E-state index contributed by atoms with van der Waals surface area (Å²) in [6.45, 7) is 0. The van der Waals surface area contributed by atoms with Gasteiger partial charge in [0.2, 0.25) is 5.91 Å². The van der Waals surface area contributed by atoms with Gasteiger partial charge in [0, 0.05) is 22.6 Å². The van der Waals surface area contributed by atoms with E-state index in [1.54, 1.807) is 18.2 Å². The summed E-state index contributed by atoms with van der Waals surface area (Å²) in [5.74, 6) is -1.16. The summed E-state index contributed by atoms with van der Waals surface area (Å²) in [5, 5.41) is 23.9. The van der Waals surface area contributed by atoms with Crippen LogP contribution in [0.25, 0.3) is 0 Å². The first-order valence-corrected chi connectivity index (χ1v) is 7.62. The monoisotopic (exact) mass is 349 g/mol. The first kappa shape index (κ1) is 17.4. The molecule has 9 heteroatoms. The molecule has 7 nitrogen and oxygen atoms in total. The fourth-order valence-electron chi connectivity index (χ4n) is 1.67. The summed E-state index contributed by atoms with van der Waals surface area (Å²) in [5.41, 5.74) is 2.08. The summed E-state index contributed by atoms with van der Waals surface area (Å²) in [7, 11) is 0. The van der Waals surface area contributed by atoms with Crippen molar-refractivity contribution in [2.24, 2.45) is 5.10 Å². The van der Waals surface area contributed by atoms with Crippen molar-refractivity contribution in [1.29, 1.82) is 0 Å². The zero-order chi connectivity index (χ0) is 17.5. The molecule has 0 atom stereocenters. The molecule has 0 fully saturated rings. The van der Waals surface area contributed by atoms with Crippen LogP contribution in [0.4, 0.5) is 10.1 Å². The normalized spacial score (nSPS) is 10.7. The number of nitro benzene ring substituents is 1. The lowest BCUT2D eigenvalue weighted by molar-refractivity contribution is -0.384. The maximum Gasteiger partial charge on any atom is 0.270 e. The number of hydrogen-bond acceptors (Lipinski definition) is 6. The lowest BCUT2D eigenvalue weighted by Gasteiger charge is -2.02. The van der Waals surface area contributed by atoms with Crippen molar-refractivity contribution < 1.29 is 19.2 Å². The van der Waals surface area contributed by atoms with Gasteiger partial charge in [0.05, 0.1) is 16.9 Å². The Hall–Kier alpha value is -2.94. The maximum atomic E-state index is 13.4. The number of rotatable bonds is 6. The number of nitrogens with one attached hydrogen (secondary N) is 1. The van der Waals surface area contributed by atoms with Crippen molar-refractivity contribution in [3.05, 3.63) is 64.0 Å². The van der Waals surface area contributed by atoms with Gasteiger partial charge in [0.15, 0.2) is 0 Å². The highest BCUT2D eigenvalue weighted by Crippen LogP contribution is 2.22. The summed E-state index contributed by atoms with van der Waals surface area (Å²) in [6.07, 6.45) is 1.09. The summed E-state index contributed by atoms with van der Waals surface area (Å²) >= 11 is 1.01. The quantitative estimate of drug-likeness (QED) is 0.361. The number of phenolic OH excluding ortho intramolecular Hbond substituents is 1. The third-order valence-electron chi connectivity index (χ3n) is 2.81. The van der Waals surface area contributed by atoms with Crippen LogP contribution in [0.5, 0.6) is 5.75 Å². The number of halogens is 1. The predicted molar refractivity (Wildman–Crippen MR) is 87.6 cm³/mol. The molecule has 2 rings (SSSR count). The molecule has 2 aromatic carbocycles. The number of hydrazone groups is 1. The molecule has 0 saturated carbocycles. The SMILES string of the molecule is O=C(CSc1ccccc1F)N/N=C\c1cc([N+](=O)[O-])ccc1O. The van der Waals surface area contributed by atoms with Gasteiger partial charge in [-0.1, -0.05) is 12.1 Å². The van der Waals surface area contributed by atoms with Gasteiger partial charge in [0.1, 0.15) is 11.6 Å². The molecule has 0 aromatic heterocycles. The maximum absolute atomic E-state index is 13.4. The van der Waals surface area contributed by atoms with E-state index in [2.05, 4.69) is 10.5 Å². The lowest BCUT2D eigenvalue weighted by atomic mass is 10.2. The standard InChI is InChI=1S/C15H12FN3O4S/c16-12-3-1-2-4-14(12)24-9-15(21)18-17-8-10-7-11(19(22)23)5-6-13(10)20/h1-8,20H,9H2,(H,18,21)/b17-8-. The van der Waals surface area contributed by atoms with E-state index < -0.39 is 16.6 Å². The third kappa shape index (κ3) is 4.78. The molecule has 0 aliphatic carbocycles. The van der Waals surface area contributed by atoms with Crippen molar-refractivity contribution in [2.75, 3.05) is 5.75 Å². The first-order chi connectivity index (χ1) is 11.5. The molecule has 0 unspecified atom stereocenters. The molecule has 2 N–H and O–H groups in total. The van der Waals surface area contributed by atoms with Crippen LogP contribution in [0.15, 0.2) is 52.5 Å². The van der Waals surface area contributed by atoms with E-state index in [0.717, 1.165) is 36.2 Å². The molecule has 0 saturated heterocycles. The zero-order valence-corrected chi connectivity index (χ0v) is 13.0. The number of hydrogen-bond donors (Lipinski definition) is 2. The Labute approximate surface area is 140 Å². The average molecular weight is 349 g/mol. The van der Waals surface area contributed by atoms with Gasteiger partial charge >= 0.3 is 0 Å². The Morgan fingerprint density at radius 1 is 1.38 bits per heavy atom. The highest BCUT2D eigenvalue weighted by molar-refractivity contribution is 8.00. The molecule has 0 aliphatic heterocycles. The summed E-state index contributed by atoms with van der Waals surface area (Å²) in [6, 6.07) is 9.49. The lowest BCUT2D eigenvalue weighted by Crippen LogP contribution is -2.19. The molecule has 0 heterocycles. The molecule has 124 valence electrons. The average Bonchev–Trinajstić information content (AvgIpc) is 2.55. The van der Waals surface area contributed by atoms with Gasteiger partial charge in [-0.05, 0) is 18.2 Å². The molecule has 24 heavy (non-hydrogen) atoms. The van der Waals surface area contributed by atoms with E-state index in [-0.39, 0.29) is 22.8 Å². The second kappa shape index (κ2) is 8.06. The van der Waals surface area contributed by atoms with E-state index in [0.29, 0.717) is 4.90 Å². The fraction of sp³-hybridized carbons (Fsp3) is 0.0667. The van der Waals surface area contributed by atoms with Crippen molar-refractivity contribution in [1.82, 2.24) is 5.43 Å². The van der Waals surface area contributed by atoms with Gasteiger partial charge in [0.25, 0.3) is 5.69 Å². The molecule has 0 spiro atoms. The Morgan fingerprint density at radius 2 is 2.12 bits per heavy atom. The second-order valence-corrected chi connectivity index (χ2v) is 5.53. The van der Waals surface area contributed by atoms with Crippen LogP contribution >= 0.6 is 11.8 Å². The number of carbonyl (C=O) groups excluding carboxylic acids is 1. The molecule has 1 amide bonds. The number of thioether (sulfide) groups is 1. The van der Waals surface area contributed by atoms with Crippen molar-refractivity contribution in [3.63, 3.8) is 0 Å². The molecule has 0 aliphatic rings. The van der Waals surface area contributed by atoms with E-state index >= 15 is 0 Å². The Balaban J connectivity index is 1.92. The smallest absolute Gasteiger partial charge is 0.270 e. The highest BCUT2D eigenvalue weighted by Gasteiger charge is 2.09. The van der Waals surface area contributed by atoms with Crippen LogP contribution in [0.2, 0.25) is 0 Å². The van der Waals surface area contributed by atoms with Gasteiger partial charge in [-0.15, -0.1) is 11.8 Å². The number of aromatic hydroxyl groups is 1. The van der Waals surface area contributed by atoms with Gasteiger partial charge < -0.3 is 5.11 Å². The number of amides is 1. The number of non-ortho nitro benzene ring substituents is 1. The Kier molecular flexibility index (Phi) is 5.85. The van der Waals surface area contributed by atoms with Gasteiger partial charge in [-0.2, -0.15) is 5.10 Å². The second-order valence-electron chi connectivity index (χ2n) is 4.51. The predicted octanol–water partition coefficient (Wildman–Crippen LogP) is 2.68. The summed E-state index contributed by atoms with van der Waals surface area (Å²) in [4.78, 5) is 22.0. The molecular weight excluding hydrogens is 337 g/mol. The number of carbonyl (C=O) groups is 1. The number of nitrogens with zero attached hydrogens (tertiary/aromatic N) is 2. The van der Waals surface area contributed by atoms with Crippen molar-refractivity contribution in [2.45, 2.75) is 4.90 Å². The van der Waals surface area contributed by atoms with Crippen LogP contribution in [0, 0.1) is 15.9 Å². The van der Waals surface area contributed by atoms with E-state index in [1.807, 2.05) is 0 Å². The summed E-state index contributed by atoms with van der Waals surface area (Å²) < 4.78 is 13.4. The number of nitro groups is 1. The Bertz CT molecular complexity index is 798. The highest BCUT2D eigenvalue weighted by atomic mass is 32.2. The van der Waals surface area contributed by atoms with Crippen LogP contribution in [0.3, 0.4) is 0 Å². The van der Waals surface area contributed by atoms with E-state index in [9.17, 15) is 24.4 Å². The third-order valence-corrected chi connectivity index (χ3v) is 3.86. The minimum Gasteiger partial charge on any atom is -0.507 e. The van der Waals surface area contributed by atoms with Crippen LogP contribution in [0.1, 0.15) is 5.56 Å². The first-order valence-electron chi connectivity index (χ1n) is 6.64. The van der Waals surface area contributed by atoms with E-state index in [1.165, 1.54) is 6.07 Å². The molecular formula is C15H12FN3O4S. The number of benzene rings is 2. The van der Waals surface area contributed by atoms with Crippen molar-refractivity contribution >= 4 is 29.6 Å². The minimum absolute atomic E-state index is 0.0564. The van der Waals surface area contributed by atoms with Crippen LogP contribution in [-0.2, 0) is 4.79 Å². The minimum atomic E-state index is -0.611. The topological polar surface area (TPSA) is 105 Å². The Morgan fingerprint density at radius 3 is 2.83 bits per heavy atom. The molecule has 0 bridgehead atoms. The number of phenols is 1. The fourth-order valence-corrected chi connectivity index (χ4v) is 2.40.